The Balaban J connectivity index is 2.26. The van der Waals surface area contributed by atoms with Gasteiger partial charge in [0.2, 0.25) is 0 Å². The molecule has 0 spiro atoms. The summed E-state index contributed by atoms with van der Waals surface area (Å²) < 4.78 is 26.5. The minimum Gasteiger partial charge on any atom is -0.397 e. The Bertz CT molecular complexity index is 617. The van der Waals surface area contributed by atoms with Crippen LogP contribution in [-0.4, -0.2) is 13.4 Å². The van der Waals surface area contributed by atoms with Crippen LogP contribution in [0, 0.1) is 6.92 Å². The van der Waals surface area contributed by atoms with Crippen molar-refractivity contribution in [2.45, 2.75) is 11.1 Å². The molecular formula is C10H11N3O2S2. The molecule has 0 atom stereocenters. The Morgan fingerprint density at radius 2 is 2.06 bits per heavy atom. The summed E-state index contributed by atoms with van der Waals surface area (Å²) in [5.41, 5.74) is 5.95. The molecule has 0 aliphatic rings. The third-order valence-electron chi connectivity index (χ3n) is 2.01. The van der Waals surface area contributed by atoms with Crippen molar-refractivity contribution < 1.29 is 8.42 Å². The van der Waals surface area contributed by atoms with Gasteiger partial charge in [0.25, 0.3) is 10.0 Å². The van der Waals surface area contributed by atoms with Gasteiger partial charge in [-0.3, -0.25) is 4.72 Å². The molecule has 3 N–H and O–H groups in total. The third-order valence-corrected chi connectivity index (χ3v) is 4.85. The molecule has 2 heterocycles. The highest BCUT2D eigenvalue weighted by Gasteiger charge is 2.16. The maximum absolute atomic E-state index is 11.9. The van der Waals surface area contributed by atoms with Crippen LogP contribution in [0.4, 0.5) is 11.5 Å². The maximum Gasteiger partial charge on any atom is 0.272 e. The van der Waals surface area contributed by atoms with Gasteiger partial charge in [-0.15, -0.1) is 11.3 Å². The van der Waals surface area contributed by atoms with Crippen molar-refractivity contribution in [3.8, 4) is 0 Å². The Morgan fingerprint density at radius 3 is 2.59 bits per heavy atom. The average molecular weight is 269 g/mol. The first-order valence-electron chi connectivity index (χ1n) is 4.78. The second-order valence-electron chi connectivity index (χ2n) is 3.45. The molecule has 0 bridgehead atoms. The number of anilines is 2. The smallest absolute Gasteiger partial charge is 0.272 e. The first kappa shape index (κ1) is 11.9. The quantitative estimate of drug-likeness (QED) is 0.890. The lowest BCUT2D eigenvalue weighted by Crippen LogP contribution is -2.12. The number of thiophene rings is 1. The molecule has 0 amide bonds. The molecule has 0 aromatic carbocycles. The Hall–Kier alpha value is -1.60. The van der Waals surface area contributed by atoms with Gasteiger partial charge < -0.3 is 5.73 Å². The summed E-state index contributed by atoms with van der Waals surface area (Å²) in [6.07, 6.45) is 1.40. The summed E-state index contributed by atoms with van der Waals surface area (Å²) in [6, 6.07) is 6.44. The molecule has 0 aliphatic heterocycles. The molecule has 0 radical (unpaired) electrons. The second-order valence-corrected chi connectivity index (χ2v) is 6.64. The van der Waals surface area contributed by atoms with E-state index in [-0.39, 0.29) is 10.0 Å². The predicted molar refractivity (Wildman–Crippen MR) is 68.5 cm³/mol. The molecule has 2 aromatic heterocycles. The van der Waals surface area contributed by atoms with Crippen LogP contribution >= 0.6 is 11.3 Å². The lowest BCUT2D eigenvalue weighted by Gasteiger charge is -2.04. The largest absolute Gasteiger partial charge is 0.397 e. The summed E-state index contributed by atoms with van der Waals surface area (Å²) in [6.45, 7) is 1.85. The Labute approximate surface area is 103 Å². The summed E-state index contributed by atoms with van der Waals surface area (Å²) in [7, 11) is -3.54. The lowest BCUT2D eigenvalue weighted by molar-refractivity contribution is 0.603. The molecule has 2 rings (SSSR count). The highest BCUT2D eigenvalue weighted by atomic mass is 32.2. The van der Waals surface area contributed by atoms with Crippen molar-refractivity contribution >= 4 is 32.9 Å². The zero-order valence-electron chi connectivity index (χ0n) is 9.04. The minimum atomic E-state index is -3.54. The molecule has 0 unspecified atom stereocenters. The highest BCUT2D eigenvalue weighted by Crippen LogP contribution is 2.22. The molecule has 0 saturated heterocycles. The molecule has 0 fully saturated rings. The van der Waals surface area contributed by atoms with E-state index in [9.17, 15) is 8.42 Å². The van der Waals surface area contributed by atoms with Gasteiger partial charge in [0, 0.05) is 4.88 Å². The fraction of sp³-hybridized carbons (Fsp3) is 0.100. The van der Waals surface area contributed by atoms with Crippen LogP contribution in [0.2, 0.25) is 0 Å². The average Bonchev–Trinajstić information content (AvgIpc) is 2.69. The summed E-state index contributed by atoms with van der Waals surface area (Å²) in [5, 5.41) is 0. The number of nitrogens with one attached hydrogen (secondary N) is 1. The molecule has 7 heteroatoms. The number of nitrogens with two attached hydrogens (primary N) is 1. The molecule has 0 saturated carbocycles. The van der Waals surface area contributed by atoms with Crippen molar-refractivity contribution in [3.05, 3.63) is 35.3 Å². The van der Waals surface area contributed by atoms with Gasteiger partial charge in [-0.05, 0) is 31.2 Å². The number of nitrogens with zero attached hydrogens (tertiary/aromatic N) is 1. The lowest BCUT2D eigenvalue weighted by atomic mass is 10.4. The third kappa shape index (κ3) is 2.75. The number of pyridine rings is 1. The van der Waals surface area contributed by atoms with E-state index in [1.165, 1.54) is 23.6 Å². The van der Waals surface area contributed by atoms with Gasteiger partial charge in [0.15, 0.2) is 0 Å². The topological polar surface area (TPSA) is 85.1 Å². The Morgan fingerprint density at radius 1 is 1.29 bits per heavy atom. The molecule has 90 valence electrons. The summed E-state index contributed by atoms with van der Waals surface area (Å²) in [4.78, 5) is 4.83. The minimum absolute atomic E-state index is 0.255. The van der Waals surface area contributed by atoms with E-state index in [1.54, 1.807) is 18.2 Å². The molecule has 17 heavy (non-hydrogen) atoms. The van der Waals surface area contributed by atoms with Crippen LogP contribution in [0.1, 0.15) is 4.88 Å². The van der Waals surface area contributed by atoms with Gasteiger partial charge in [-0.25, -0.2) is 13.4 Å². The molecular weight excluding hydrogens is 258 g/mol. The van der Waals surface area contributed by atoms with Crippen molar-refractivity contribution in [3.63, 3.8) is 0 Å². The van der Waals surface area contributed by atoms with E-state index in [1.807, 2.05) is 6.92 Å². The first-order valence-corrected chi connectivity index (χ1v) is 7.08. The summed E-state index contributed by atoms with van der Waals surface area (Å²) in [5.74, 6) is 0.255. The first-order chi connectivity index (χ1) is 7.97. The normalized spacial score (nSPS) is 11.4. The highest BCUT2D eigenvalue weighted by molar-refractivity contribution is 7.94. The fourth-order valence-corrected chi connectivity index (χ4v) is 3.50. The number of aromatic nitrogens is 1. The monoisotopic (exact) mass is 269 g/mol. The van der Waals surface area contributed by atoms with Gasteiger partial charge in [0.1, 0.15) is 10.0 Å². The van der Waals surface area contributed by atoms with E-state index in [2.05, 4.69) is 9.71 Å². The number of hydrogen-bond donors (Lipinski definition) is 2. The van der Waals surface area contributed by atoms with E-state index in [0.29, 0.717) is 5.69 Å². The van der Waals surface area contributed by atoms with Crippen molar-refractivity contribution in [1.29, 1.82) is 0 Å². The van der Waals surface area contributed by atoms with Crippen LogP contribution in [0.3, 0.4) is 0 Å². The van der Waals surface area contributed by atoms with E-state index in [0.717, 1.165) is 4.88 Å². The van der Waals surface area contributed by atoms with Crippen molar-refractivity contribution in [1.82, 2.24) is 4.98 Å². The summed E-state index contributed by atoms with van der Waals surface area (Å²) >= 11 is 1.21. The number of sulfonamides is 1. The second kappa shape index (κ2) is 4.34. The van der Waals surface area contributed by atoms with Crippen LogP contribution in [0.5, 0.6) is 0 Å². The van der Waals surface area contributed by atoms with Crippen molar-refractivity contribution in [2.24, 2.45) is 0 Å². The Kier molecular flexibility index (Phi) is 3.03. The number of aryl methyl sites for hydroxylation is 1. The van der Waals surface area contributed by atoms with Gasteiger partial charge >= 0.3 is 0 Å². The van der Waals surface area contributed by atoms with Gasteiger partial charge in [0.05, 0.1) is 11.9 Å². The number of nitrogen functional groups attached to an aromatic ring is 1. The van der Waals surface area contributed by atoms with E-state index in [4.69, 9.17) is 5.73 Å². The molecule has 2 aromatic rings. The zero-order valence-corrected chi connectivity index (χ0v) is 10.7. The standard InChI is InChI=1S/C10H11N3O2S2/c1-7-2-5-10(16-7)17(14,15)13-9-4-3-8(11)6-12-9/h2-6H,11H2,1H3,(H,12,13). The van der Waals surface area contributed by atoms with Crippen LogP contribution in [-0.2, 0) is 10.0 Å². The van der Waals surface area contributed by atoms with Crippen molar-refractivity contribution in [2.75, 3.05) is 10.5 Å². The molecule has 0 aliphatic carbocycles. The van der Waals surface area contributed by atoms with Gasteiger partial charge in [-0.2, -0.15) is 0 Å². The van der Waals surface area contributed by atoms with Crippen LogP contribution in [0.25, 0.3) is 0 Å². The number of rotatable bonds is 3. The SMILES string of the molecule is Cc1ccc(S(=O)(=O)Nc2ccc(N)cn2)s1. The predicted octanol–water partition coefficient (Wildman–Crippen LogP) is 1.83. The van der Waals surface area contributed by atoms with Crippen LogP contribution in [0.15, 0.2) is 34.7 Å². The maximum atomic E-state index is 11.9. The van der Waals surface area contributed by atoms with E-state index < -0.39 is 10.0 Å². The van der Waals surface area contributed by atoms with E-state index >= 15 is 0 Å². The fourth-order valence-electron chi connectivity index (χ4n) is 1.21. The van der Waals surface area contributed by atoms with Gasteiger partial charge in [-0.1, -0.05) is 0 Å². The van der Waals surface area contributed by atoms with Crippen LogP contribution < -0.4 is 10.5 Å². The molecule has 5 nitrogen and oxygen atoms in total. The number of hydrogen-bond acceptors (Lipinski definition) is 5. The zero-order chi connectivity index (χ0) is 12.5.